The number of benzene rings is 1. The lowest BCUT2D eigenvalue weighted by Gasteiger charge is -2.31. The van der Waals surface area contributed by atoms with E-state index >= 15 is 0 Å². The van der Waals surface area contributed by atoms with Crippen molar-refractivity contribution in [3.8, 4) is 0 Å². The van der Waals surface area contributed by atoms with Gasteiger partial charge < -0.3 is 14.8 Å². The smallest absolute Gasteiger partial charge is 0.335 e. The summed E-state index contributed by atoms with van der Waals surface area (Å²) < 4.78 is 39.8. The van der Waals surface area contributed by atoms with Crippen molar-refractivity contribution in [2.45, 2.75) is 39.9 Å². The van der Waals surface area contributed by atoms with Crippen LogP contribution in [0.25, 0.3) is 0 Å². The molecule has 0 heterocycles. The predicted molar refractivity (Wildman–Crippen MR) is 104 cm³/mol. The molecule has 0 radical (unpaired) electrons. The fourth-order valence-corrected chi connectivity index (χ4v) is 3.46. The second-order valence-electron chi connectivity index (χ2n) is 7.05. The Hall–Kier alpha value is -1.97. The van der Waals surface area contributed by atoms with Crippen LogP contribution in [-0.2, 0) is 40.0 Å². The van der Waals surface area contributed by atoms with Crippen molar-refractivity contribution in [3.05, 3.63) is 35.9 Å². The number of methoxy groups -OCH3 is 1. The normalized spacial score (nSPS) is 13.0. The van der Waals surface area contributed by atoms with E-state index in [0.29, 0.717) is 0 Å². The molecular formula is C19H29NO7S. The minimum Gasteiger partial charge on any atom is -0.467 e. The van der Waals surface area contributed by atoms with E-state index < -0.39 is 27.6 Å². The van der Waals surface area contributed by atoms with Gasteiger partial charge in [-0.2, -0.15) is 8.42 Å². The minimum atomic E-state index is -3.80. The van der Waals surface area contributed by atoms with Crippen molar-refractivity contribution in [2.24, 2.45) is 5.41 Å². The van der Waals surface area contributed by atoms with Crippen molar-refractivity contribution in [1.29, 1.82) is 0 Å². The Morgan fingerprint density at radius 3 is 2.39 bits per heavy atom. The van der Waals surface area contributed by atoms with E-state index in [2.05, 4.69) is 5.32 Å². The van der Waals surface area contributed by atoms with Gasteiger partial charge in [0.15, 0.2) is 6.10 Å². The van der Waals surface area contributed by atoms with Crippen molar-refractivity contribution < 1.29 is 31.7 Å². The molecule has 0 aromatic heterocycles. The molecule has 8 nitrogen and oxygen atoms in total. The molecule has 1 aromatic carbocycles. The van der Waals surface area contributed by atoms with Crippen LogP contribution in [0.4, 0.5) is 0 Å². The standard InChI is InChI=1S/C19H29NO7S/c1-15(21)20-11-8-12-28(23,24)27-14-19(2,3)17(18(22)25-4)26-13-16-9-6-5-7-10-16/h5-7,9-10,17H,8,11-14H2,1-4H3,(H,20,21)/t17-/m0/s1. The number of rotatable bonds is 12. The Bertz CT molecular complexity index is 732. The average molecular weight is 416 g/mol. The van der Waals surface area contributed by atoms with Gasteiger partial charge >= 0.3 is 5.97 Å². The first-order valence-corrected chi connectivity index (χ1v) is 10.5. The molecular weight excluding hydrogens is 386 g/mol. The maximum Gasteiger partial charge on any atom is 0.335 e. The maximum atomic E-state index is 12.2. The van der Waals surface area contributed by atoms with Crippen molar-refractivity contribution in [3.63, 3.8) is 0 Å². The number of hydrogen-bond donors (Lipinski definition) is 1. The average Bonchev–Trinajstić information content (AvgIpc) is 2.64. The maximum absolute atomic E-state index is 12.2. The van der Waals surface area contributed by atoms with E-state index in [-0.39, 0.29) is 37.8 Å². The summed E-state index contributed by atoms with van der Waals surface area (Å²) in [6.07, 6.45) is -0.778. The summed E-state index contributed by atoms with van der Waals surface area (Å²) in [5.41, 5.74) is -0.0780. The molecule has 0 spiro atoms. The number of hydrogen-bond acceptors (Lipinski definition) is 7. The van der Waals surface area contributed by atoms with Crippen LogP contribution in [0, 0.1) is 5.41 Å². The van der Waals surface area contributed by atoms with Gasteiger partial charge in [0.2, 0.25) is 5.91 Å². The van der Waals surface area contributed by atoms with E-state index in [1.807, 2.05) is 30.3 Å². The van der Waals surface area contributed by atoms with Crippen LogP contribution >= 0.6 is 0 Å². The molecule has 28 heavy (non-hydrogen) atoms. The Morgan fingerprint density at radius 1 is 1.18 bits per heavy atom. The lowest BCUT2D eigenvalue weighted by molar-refractivity contribution is -0.165. The number of esters is 1. The highest BCUT2D eigenvalue weighted by atomic mass is 32.2. The van der Waals surface area contributed by atoms with Crippen molar-refractivity contribution in [2.75, 3.05) is 26.0 Å². The Kier molecular flexibility index (Phi) is 9.57. The van der Waals surface area contributed by atoms with Gasteiger partial charge in [0.05, 0.1) is 26.1 Å². The number of ether oxygens (including phenoxy) is 2. The molecule has 1 atom stereocenters. The summed E-state index contributed by atoms with van der Waals surface area (Å²) in [5.74, 6) is -1.07. The Labute approximate surface area is 166 Å². The van der Waals surface area contributed by atoms with Gasteiger partial charge in [-0.05, 0) is 12.0 Å². The highest BCUT2D eigenvalue weighted by molar-refractivity contribution is 7.86. The second-order valence-corrected chi connectivity index (χ2v) is 8.81. The molecule has 0 bridgehead atoms. The fourth-order valence-electron chi connectivity index (χ4n) is 2.36. The van der Waals surface area contributed by atoms with Gasteiger partial charge in [-0.3, -0.25) is 8.98 Å². The number of carbonyl (C=O) groups excluding carboxylic acids is 2. The third kappa shape index (κ3) is 8.81. The SMILES string of the molecule is COC(=O)[C@H](OCc1ccccc1)C(C)(C)COS(=O)(=O)CCCNC(C)=O. The molecule has 9 heteroatoms. The largest absolute Gasteiger partial charge is 0.467 e. The molecule has 1 rings (SSSR count). The topological polar surface area (TPSA) is 108 Å². The zero-order chi connectivity index (χ0) is 21.2. The van der Waals surface area contributed by atoms with Crippen LogP contribution in [0.1, 0.15) is 32.8 Å². The van der Waals surface area contributed by atoms with Crippen LogP contribution in [0.5, 0.6) is 0 Å². The molecule has 1 N–H and O–H groups in total. The van der Waals surface area contributed by atoms with Gasteiger partial charge in [0.1, 0.15) is 0 Å². The van der Waals surface area contributed by atoms with Crippen molar-refractivity contribution >= 4 is 22.0 Å². The van der Waals surface area contributed by atoms with E-state index in [1.54, 1.807) is 13.8 Å². The summed E-state index contributed by atoms with van der Waals surface area (Å²) in [4.78, 5) is 23.0. The molecule has 0 fully saturated rings. The molecule has 0 unspecified atom stereocenters. The molecule has 0 aliphatic rings. The van der Waals surface area contributed by atoms with Crippen LogP contribution in [0.15, 0.2) is 30.3 Å². The first-order valence-electron chi connectivity index (χ1n) is 8.92. The van der Waals surface area contributed by atoms with Crippen LogP contribution < -0.4 is 5.32 Å². The second kappa shape index (κ2) is 11.1. The van der Waals surface area contributed by atoms with Gasteiger partial charge in [-0.25, -0.2) is 4.79 Å². The van der Waals surface area contributed by atoms with E-state index in [0.717, 1.165) is 5.56 Å². The first kappa shape index (κ1) is 24.1. The molecule has 0 saturated carbocycles. The monoisotopic (exact) mass is 415 g/mol. The van der Waals surface area contributed by atoms with Crippen molar-refractivity contribution in [1.82, 2.24) is 5.32 Å². The van der Waals surface area contributed by atoms with Gasteiger partial charge in [-0.1, -0.05) is 44.2 Å². The molecule has 0 aliphatic carbocycles. The number of amides is 1. The summed E-state index contributed by atoms with van der Waals surface area (Å²) >= 11 is 0. The molecule has 0 saturated heterocycles. The molecule has 1 amide bonds. The van der Waals surface area contributed by atoms with Crippen LogP contribution in [-0.4, -0.2) is 52.4 Å². The molecule has 0 aliphatic heterocycles. The summed E-state index contributed by atoms with van der Waals surface area (Å²) in [7, 11) is -2.56. The lowest BCUT2D eigenvalue weighted by atomic mass is 9.87. The Morgan fingerprint density at radius 2 is 1.82 bits per heavy atom. The van der Waals surface area contributed by atoms with E-state index in [1.165, 1.54) is 14.0 Å². The summed E-state index contributed by atoms with van der Waals surface area (Å²) in [6.45, 7) is 4.87. The zero-order valence-corrected chi connectivity index (χ0v) is 17.6. The fraction of sp³-hybridized carbons (Fsp3) is 0.579. The Balaban J connectivity index is 2.67. The van der Waals surface area contributed by atoms with E-state index in [4.69, 9.17) is 13.7 Å². The van der Waals surface area contributed by atoms with Gasteiger partial charge in [0.25, 0.3) is 10.1 Å². The minimum absolute atomic E-state index is 0.174. The first-order chi connectivity index (χ1) is 13.1. The number of carbonyl (C=O) groups is 2. The quantitative estimate of drug-likeness (QED) is 0.314. The molecule has 1 aromatic rings. The highest BCUT2D eigenvalue weighted by Gasteiger charge is 2.38. The van der Waals surface area contributed by atoms with Gasteiger partial charge in [0, 0.05) is 18.9 Å². The van der Waals surface area contributed by atoms with E-state index in [9.17, 15) is 18.0 Å². The van der Waals surface area contributed by atoms with Gasteiger partial charge in [-0.15, -0.1) is 0 Å². The van der Waals surface area contributed by atoms with Crippen LogP contribution in [0.3, 0.4) is 0 Å². The lowest BCUT2D eigenvalue weighted by Crippen LogP contribution is -2.43. The molecule has 158 valence electrons. The zero-order valence-electron chi connectivity index (χ0n) is 16.8. The summed E-state index contributed by atoms with van der Waals surface area (Å²) in [6, 6.07) is 9.30. The van der Waals surface area contributed by atoms with Crippen LogP contribution in [0.2, 0.25) is 0 Å². The summed E-state index contributed by atoms with van der Waals surface area (Å²) in [5, 5.41) is 2.52. The third-order valence-corrected chi connectivity index (χ3v) is 5.21. The number of nitrogens with one attached hydrogen (secondary N) is 1. The highest BCUT2D eigenvalue weighted by Crippen LogP contribution is 2.27. The predicted octanol–water partition coefficient (Wildman–Crippen LogP) is 1.64. The third-order valence-electron chi connectivity index (χ3n) is 3.94.